The van der Waals surface area contributed by atoms with Crippen LogP contribution in [0.5, 0.6) is 0 Å². The molecule has 0 amide bonds. The summed E-state index contributed by atoms with van der Waals surface area (Å²) in [5.41, 5.74) is 10.4. The zero-order valence-electron chi connectivity index (χ0n) is 18.3. The van der Waals surface area contributed by atoms with Crippen LogP contribution in [0.2, 0.25) is 0 Å². The van der Waals surface area contributed by atoms with Gasteiger partial charge in [0.15, 0.2) is 0 Å². The first kappa shape index (κ1) is 20.5. The molecule has 0 bridgehead atoms. The summed E-state index contributed by atoms with van der Waals surface area (Å²) in [6.07, 6.45) is 8.98. The van der Waals surface area contributed by atoms with Gasteiger partial charge in [-0.1, -0.05) is 48.2 Å². The van der Waals surface area contributed by atoms with Gasteiger partial charge in [-0.15, -0.1) is 0 Å². The Balaban J connectivity index is 1.82. The summed E-state index contributed by atoms with van der Waals surface area (Å²) in [6, 6.07) is 9.55. The lowest BCUT2D eigenvalue weighted by atomic mass is 9.90. The molecule has 0 aliphatic heterocycles. The number of rotatable bonds is 4. The molecule has 0 saturated heterocycles. The normalized spacial score (nSPS) is 20.4. The SMILES string of the molecule is Cc1cc(C)c(C=NC2CCCCC2N=Cc2c(C)cc(C)cc2C)c(C)c1. The van der Waals surface area contributed by atoms with Gasteiger partial charge in [0.25, 0.3) is 0 Å². The van der Waals surface area contributed by atoms with Gasteiger partial charge >= 0.3 is 0 Å². The maximum Gasteiger partial charge on any atom is 0.0723 e. The number of nitrogens with zero attached hydrogens (tertiary/aromatic N) is 2. The van der Waals surface area contributed by atoms with Crippen LogP contribution in [0.15, 0.2) is 34.3 Å². The van der Waals surface area contributed by atoms with Crippen LogP contribution in [-0.4, -0.2) is 24.5 Å². The molecule has 1 aliphatic carbocycles. The predicted octanol–water partition coefficient (Wildman–Crippen LogP) is 6.39. The first-order chi connectivity index (χ1) is 13.3. The van der Waals surface area contributed by atoms with Crippen molar-refractivity contribution in [3.8, 4) is 0 Å². The molecular formula is C26H34N2. The van der Waals surface area contributed by atoms with Crippen molar-refractivity contribution in [3.05, 3.63) is 68.8 Å². The molecule has 2 heteroatoms. The first-order valence-electron chi connectivity index (χ1n) is 10.6. The van der Waals surface area contributed by atoms with E-state index in [-0.39, 0.29) is 12.1 Å². The quantitative estimate of drug-likeness (QED) is 0.554. The number of aliphatic imine (C=N–C) groups is 2. The van der Waals surface area contributed by atoms with Gasteiger partial charge in [0.05, 0.1) is 12.1 Å². The van der Waals surface area contributed by atoms with Crippen molar-refractivity contribution in [3.63, 3.8) is 0 Å². The highest BCUT2D eigenvalue weighted by Crippen LogP contribution is 2.25. The number of benzene rings is 2. The first-order valence-corrected chi connectivity index (χ1v) is 10.6. The molecular weight excluding hydrogens is 340 g/mol. The lowest BCUT2D eigenvalue weighted by Gasteiger charge is -2.26. The van der Waals surface area contributed by atoms with Crippen LogP contribution in [0.3, 0.4) is 0 Å². The fraction of sp³-hybridized carbons (Fsp3) is 0.462. The Morgan fingerprint density at radius 3 is 1.25 bits per heavy atom. The molecule has 2 aromatic carbocycles. The largest absolute Gasteiger partial charge is 0.287 e. The predicted molar refractivity (Wildman–Crippen MR) is 123 cm³/mol. The van der Waals surface area contributed by atoms with Gasteiger partial charge in [0.1, 0.15) is 0 Å². The third-order valence-electron chi connectivity index (χ3n) is 5.96. The highest BCUT2D eigenvalue weighted by Gasteiger charge is 2.23. The summed E-state index contributed by atoms with van der Waals surface area (Å²) in [5, 5.41) is 0. The van der Waals surface area contributed by atoms with Gasteiger partial charge in [-0.05, 0) is 87.8 Å². The Labute approximate surface area is 170 Å². The van der Waals surface area contributed by atoms with Crippen molar-refractivity contribution >= 4 is 12.4 Å². The van der Waals surface area contributed by atoms with Gasteiger partial charge in [-0.2, -0.15) is 0 Å². The number of hydrogen-bond donors (Lipinski definition) is 0. The molecule has 3 rings (SSSR count). The van der Waals surface area contributed by atoms with Gasteiger partial charge in [-0.25, -0.2) is 0 Å². The van der Waals surface area contributed by atoms with Crippen molar-refractivity contribution < 1.29 is 0 Å². The van der Waals surface area contributed by atoms with Crippen molar-refractivity contribution in [1.29, 1.82) is 0 Å². The smallest absolute Gasteiger partial charge is 0.0723 e. The van der Waals surface area contributed by atoms with Crippen molar-refractivity contribution in [2.75, 3.05) is 0 Å². The summed E-state index contributed by atoms with van der Waals surface area (Å²) in [6.45, 7) is 13.0. The van der Waals surface area contributed by atoms with Crippen molar-refractivity contribution in [1.82, 2.24) is 0 Å². The van der Waals surface area contributed by atoms with Gasteiger partial charge < -0.3 is 0 Å². The van der Waals surface area contributed by atoms with E-state index in [1.807, 2.05) is 0 Å². The number of hydrogen-bond acceptors (Lipinski definition) is 2. The summed E-state index contributed by atoms with van der Waals surface area (Å²) < 4.78 is 0. The van der Waals surface area contributed by atoms with Crippen molar-refractivity contribution in [2.24, 2.45) is 9.98 Å². The molecule has 1 saturated carbocycles. The molecule has 28 heavy (non-hydrogen) atoms. The van der Waals surface area contributed by atoms with Crippen LogP contribution >= 0.6 is 0 Å². The zero-order chi connectivity index (χ0) is 20.3. The van der Waals surface area contributed by atoms with E-state index in [4.69, 9.17) is 9.98 Å². The van der Waals surface area contributed by atoms with E-state index in [0.717, 1.165) is 12.8 Å². The molecule has 0 spiro atoms. The molecule has 0 aromatic heterocycles. The molecule has 1 aliphatic rings. The molecule has 0 heterocycles. The second kappa shape index (κ2) is 8.86. The van der Waals surface area contributed by atoms with E-state index >= 15 is 0 Å². The fourth-order valence-electron chi connectivity index (χ4n) is 4.57. The monoisotopic (exact) mass is 374 g/mol. The van der Waals surface area contributed by atoms with Crippen LogP contribution in [0.1, 0.15) is 70.2 Å². The molecule has 2 nitrogen and oxygen atoms in total. The average molecular weight is 375 g/mol. The minimum Gasteiger partial charge on any atom is -0.287 e. The van der Waals surface area contributed by atoms with Crippen LogP contribution in [0.4, 0.5) is 0 Å². The fourth-order valence-corrected chi connectivity index (χ4v) is 4.57. The maximum atomic E-state index is 5.02. The second-order valence-corrected chi connectivity index (χ2v) is 8.60. The summed E-state index contributed by atoms with van der Waals surface area (Å²) in [4.78, 5) is 10.0. The molecule has 0 N–H and O–H groups in total. The third-order valence-corrected chi connectivity index (χ3v) is 5.96. The summed E-state index contributed by atoms with van der Waals surface area (Å²) in [5.74, 6) is 0. The highest BCUT2D eigenvalue weighted by molar-refractivity contribution is 5.85. The summed E-state index contributed by atoms with van der Waals surface area (Å²) >= 11 is 0. The van der Waals surface area contributed by atoms with Crippen molar-refractivity contribution in [2.45, 2.75) is 79.3 Å². The molecule has 2 unspecified atom stereocenters. The molecule has 2 atom stereocenters. The van der Waals surface area contributed by atoms with E-state index in [0.29, 0.717) is 0 Å². The van der Waals surface area contributed by atoms with E-state index in [1.165, 1.54) is 57.3 Å². The Bertz CT molecular complexity index is 783. The van der Waals surface area contributed by atoms with E-state index in [1.54, 1.807) is 0 Å². The lowest BCUT2D eigenvalue weighted by Crippen LogP contribution is -2.27. The maximum absolute atomic E-state index is 5.02. The van der Waals surface area contributed by atoms with E-state index in [9.17, 15) is 0 Å². The minimum absolute atomic E-state index is 0.288. The van der Waals surface area contributed by atoms with Crippen LogP contribution in [0, 0.1) is 41.5 Å². The van der Waals surface area contributed by atoms with Crippen LogP contribution in [0.25, 0.3) is 0 Å². The number of aryl methyl sites for hydroxylation is 6. The lowest BCUT2D eigenvalue weighted by molar-refractivity contribution is 0.390. The highest BCUT2D eigenvalue weighted by atomic mass is 14.9. The Morgan fingerprint density at radius 1 is 0.607 bits per heavy atom. The molecule has 1 fully saturated rings. The second-order valence-electron chi connectivity index (χ2n) is 8.60. The van der Waals surface area contributed by atoms with Crippen LogP contribution < -0.4 is 0 Å². The Hall–Kier alpha value is -2.22. The third kappa shape index (κ3) is 4.79. The standard InChI is InChI=1S/C26H34N2/c1-17-11-19(3)23(20(4)12-17)15-27-25-9-7-8-10-26(25)28-16-24-21(5)13-18(2)14-22(24)6/h11-16,25-26H,7-10H2,1-6H3. The topological polar surface area (TPSA) is 24.7 Å². The molecule has 2 aromatic rings. The van der Waals surface area contributed by atoms with Gasteiger partial charge in [0, 0.05) is 12.4 Å². The Morgan fingerprint density at radius 2 is 0.929 bits per heavy atom. The van der Waals surface area contributed by atoms with Gasteiger partial charge in [-0.3, -0.25) is 9.98 Å². The minimum atomic E-state index is 0.288. The summed E-state index contributed by atoms with van der Waals surface area (Å²) in [7, 11) is 0. The molecule has 0 radical (unpaired) electrons. The van der Waals surface area contributed by atoms with E-state index in [2.05, 4.69) is 78.2 Å². The average Bonchev–Trinajstić information content (AvgIpc) is 2.61. The zero-order valence-corrected chi connectivity index (χ0v) is 18.3. The molecule has 148 valence electrons. The van der Waals surface area contributed by atoms with Gasteiger partial charge in [0.2, 0.25) is 0 Å². The van der Waals surface area contributed by atoms with Crippen LogP contribution in [-0.2, 0) is 0 Å². The Kier molecular flexibility index (Phi) is 6.49. The van der Waals surface area contributed by atoms with E-state index < -0.39 is 0 Å².